The minimum absolute atomic E-state index is 0.0157. The lowest BCUT2D eigenvalue weighted by Gasteiger charge is -2.36. The van der Waals surface area contributed by atoms with Gasteiger partial charge in [0.25, 0.3) is 0 Å². The van der Waals surface area contributed by atoms with Gasteiger partial charge in [-0.3, -0.25) is 0 Å². The monoisotopic (exact) mass is 284 g/mol. The SMILES string of the molecule is CC(N)C1CN(c2ccc(S(C)(=O)=O)cc2)CCO1. The first-order valence-electron chi connectivity index (χ1n) is 6.30. The summed E-state index contributed by atoms with van der Waals surface area (Å²) in [5.74, 6) is 0. The zero-order valence-corrected chi connectivity index (χ0v) is 12.1. The molecule has 6 heteroatoms. The van der Waals surface area contributed by atoms with Crippen LogP contribution in [0.2, 0.25) is 0 Å². The van der Waals surface area contributed by atoms with Crippen LogP contribution in [0.3, 0.4) is 0 Å². The first-order chi connectivity index (χ1) is 8.88. The van der Waals surface area contributed by atoms with E-state index in [1.54, 1.807) is 12.1 Å². The summed E-state index contributed by atoms with van der Waals surface area (Å²) in [5.41, 5.74) is 6.86. The van der Waals surface area contributed by atoms with E-state index in [9.17, 15) is 8.42 Å². The Hall–Kier alpha value is -1.11. The van der Waals surface area contributed by atoms with Crippen LogP contribution >= 0.6 is 0 Å². The third kappa shape index (κ3) is 3.46. The molecule has 19 heavy (non-hydrogen) atoms. The lowest BCUT2D eigenvalue weighted by molar-refractivity contribution is 0.0276. The van der Waals surface area contributed by atoms with Gasteiger partial charge in [0.15, 0.2) is 9.84 Å². The molecule has 2 unspecified atom stereocenters. The van der Waals surface area contributed by atoms with Gasteiger partial charge in [-0.25, -0.2) is 8.42 Å². The topological polar surface area (TPSA) is 72.6 Å². The number of hydrogen-bond donors (Lipinski definition) is 1. The van der Waals surface area contributed by atoms with Crippen LogP contribution in [0.5, 0.6) is 0 Å². The van der Waals surface area contributed by atoms with Crippen LogP contribution in [-0.2, 0) is 14.6 Å². The summed E-state index contributed by atoms with van der Waals surface area (Å²) in [6, 6.07) is 6.93. The Morgan fingerprint density at radius 1 is 1.37 bits per heavy atom. The second-order valence-corrected chi connectivity index (χ2v) is 7.00. The Morgan fingerprint density at radius 3 is 2.53 bits per heavy atom. The maximum absolute atomic E-state index is 11.4. The molecule has 0 spiro atoms. The second kappa shape index (κ2) is 5.48. The summed E-state index contributed by atoms with van der Waals surface area (Å²) in [4.78, 5) is 2.51. The molecule has 1 aliphatic heterocycles. The normalized spacial score (nSPS) is 22.3. The van der Waals surface area contributed by atoms with Gasteiger partial charge in [0.2, 0.25) is 0 Å². The van der Waals surface area contributed by atoms with Crippen molar-refractivity contribution in [3.05, 3.63) is 24.3 Å². The molecule has 0 amide bonds. The van der Waals surface area contributed by atoms with Crippen molar-refractivity contribution >= 4 is 15.5 Å². The number of sulfone groups is 1. The molecule has 2 rings (SSSR count). The van der Waals surface area contributed by atoms with Gasteiger partial charge in [0.05, 0.1) is 17.6 Å². The number of anilines is 1. The smallest absolute Gasteiger partial charge is 0.175 e. The standard InChI is InChI=1S/C13H20N2O3S/c1-10(14)13-9-15(7-8-18-13)11-3-5-12(6-4-11)19(2,16)17/h3-6,10,13H,7-9,14H2,1-2H3. The minimum Gasteiger partial charge on any atom is -0.373 e. The van der Waals surface area contributed by atoms with Gasteiger partial charge in [-0.2, -0.15) is 0 Å². The molecule has 1 aromatic rings. The molecule has 106 valence electrons. The van der Waals surface area contributed by atoms with Crippen LogP contribution in [0.25, 0.3) is 0 Å². The maximum atomic E-state index is 11.4. The number of nitrogens with two attached hydrogens (primary N) is 1. The van der Waals surface area contributed by atoms with Crippen molar-refractivity contribution in [1.29, 1.82) is 0 Å². The fraction of sp³-hybridized carbons (Fsp3) is 0.538. The molecule has 1 aromatic carbocycles. The molecule has 1 heterocycles. The highest BCUT2D eigenvalue weighted by Gasteiger charge is 2.23. The lowest BCUT2D eigenvalue weighted by Crippen LogP contribution is -2.49. The summed E-state index contributed by atoms with van der Waals surface area (Å²) in [5, 5.41) is 0. The summed E-state index contributed by atoms with van der Waals surface area (Å²) in [6.07, 6.45) is 1.23. The fourth-order valence-corrected chi connectivity index (χ4v) is 2.76. The van der Waals surface area contributed by atoms with Gasteiger partial charge in [0, 0.05) is 31.1 Å². The van der Waals surface area contributed by atoms with E-state index in [2.05, 4.69) is 4.90 Å². The predicted molar refractivity (Wildman–Crippen MR) is 75.2 cm³/mol. The lowest BCUT2D eigenvalue weighted by atomic mass is 10.1. The van der Waals surface area contributed by atoms with Crippen LogP contribution < -0.4 is 10.6 Å². The average Bonchev–Trinajstić information content (AvgIpc) is 2.38. The Morgan fingerprint density at radius 2 is 2.00 bits per heavy atom. The Balaban J connectivity index is 2.14. The number of morpholine rings is 1. The Bertz CT molecular complexity index is 525. The zero-order valence-electron chi connectivity index (χ0n) is 11.2. The van der Waals surface area contributed by atoms with E-state index in [1.165, 1.54) is 6.26 Å². The molecule has 0 radical (unpaired) electrons. The van der Waals surface area contributed by atoms with E-state index in [4.69, 9.17) is 10.5 Å². The van der Waals surface area contributed by atoms with Crippen molar-refractivity contribution in [3.8, 4) is 0 Å². The van der Waals surface area contributed by atoms with E-state index in [0.717, 1.165) is 18.8 Å². The Labute approximate surface area is 114 Å². The quantitative estimate of drug-likeness (QED) is 0.882. The first kappa shape index (κ1) is 14.3. The van der Waals surface area contributed by atoms with Crippen LogP contribution in [-0.4, -0.2) is 46.5 Å². The molecule has 1 aliphatic rings. The van der Waals surface area contributed by atoms with Gasteiger partial charge < -0.3 is 15.4 Å². The first-order valence-corrected chi connectivity index (χ1v) is 8.19. The third-order valence-electron chi connectivity index (χ3n) is 3.31. The molecule has 1 saturated heterocycles. The van der Waals surface area contributed by atoms with E-state index in [0.29, 0.717) is 11.5 Å². The van der Waals surface area contributed by atoms with Crippen LogP contribution in [0.1, 0.15) is 6.92 Å². The van der Waals surface area contributed by atoms with Crippen molar-refractivity contribution in [1.82, 2.24) is 0 Å². The molecular weight excluding hydrogens is 264 g/mol. The van der Waals surface area contributed by atoms with Gasteiger partial charge in [-0.05, 0) is 31.2 Å². The van der Waals surface area contributed by atoms with Crippen molar-refractivity contribution in [2.45, 2.75) is 24.0 Å². The summed E-state index contributed by atoms with van der Waals surface area (Å²) < 4.78 is 28.4. The number of benzene rings is 1. The highest BCUT2D eigenvalue weighted by Crippen LogP contribution is 2.21. The molecule has 2 N–H and O–H groups in total. The zero-order chi connectivity index (χ0) is 14.0. The summed E-state index contributed by atoms with van der Waals surface area (Å²) in [7, 11) is -3.14. The average molecular weight is 284 g/mol. The molecule has 1 fully saturated rings. The van der Waals surface area contributed by atoms with Gasteiger partial charge in [-0.15, -0.1) is 0 Å². The fourth-order valence-electron chi connectivity index (χ4n) is 2.13. The van der Waals surface area contributed by atoms with Crippen molar-refractivity contribution in [2.24, 2.45) is 5.73 Å². The van der Waals surface area contributed by atoms with Gasteiger partial charge >= 0.3 is 0 Å². The molecule has 0 aliphatic carbocycles. The third-order valence-corrected chi connectivity index (χ3v) is 4.44. The highest BCUT2D eigenvalue weighted by atomic mass is 32.2. The molecular formula is C13H20N2O3S. The molecule has 0 aromatic heterocycles. The number of rotatable bonds is 3. The van der Waals surface area contributed by atoms with Crippen LogP contribution in [0.4, 0.5) is 5.69 Å². The van der Waals surface area contributed by atoms with E-state index in [1.807, 2.05) is 19.1 Å². The van der Waals surface area contributed by atoms with Crippen LogP contribution in [0.15, 0.2) is 29.2 Å². The molecule has 2 atom stereocenters. The summed E-state index contributed by atoms with van der Waals surface area (Å²) in [6.45, 7) is 4.10. The maximum Gasteiger partial charge on any atom is 0.175 e. The minimum atomic E-state index is -3.14. The van der Waals surface area contributed by atoms with Gasteiger partial charge in [-0.1, -0.05) is 0 Å². The van der Waals surface area contributed by atoms with Crippen LogP contribution in [0, 0.1) is 0 Å². The van der Waals surface area contributed by atoms with E-state index in [-0.39, 0.29) is 12.1 Å². The molecule has 0 saturated carbocycles. The predicted octanol–water partition coefficient (Wildman–Crippen LogP) is 0.642. The van der Waals surface area contributed by atoms with Crippen molar-refractivity contribution in [2.75, 3.05) is 30.9 Å². The highest BCUT2D eigenvalue weighted by molar-refractivity contribution is 7.90. The molecule has 5 nitrogen and oxygen atoms in total. The second-order valence-electron chi connectivity index (χ2n) is 4.98. The van der Waals surface area contributed by atoms with E-state index >= 15 is 0 Å². The number of hydrogen-bond acceptors (Lipinski definition) is 5. The van der Waals surface area contributed by atoms with E-state index < -0.39 is 9.84 Å². The largest absolute Gasteiger partial charge is 0.373 e. The number of ether oxygens (including phenoxy) is 1. The Kier molecular flexibility index (Phi) is 4.13. The van der Waals surface area contributed by atoms with Gasteiger partial charge in [0.1, 0.15) is 0 Å². The molecule has 0 bridgehead atoms. The van der Waals surface area contributed by atoms with Crippen molar-refractivity contribution in [3.63, 3.8) is 0 Å². The summed E-state index contributed by atoms with van der Waals surface area (Å²) >= 11 is 0. The van der Waals surface area contributed by atoms with Crippen molar-refractivity contribution < 1.29 is 13.2 Å². The number of nitrogens with zero attached hydrogens (tertiary/aromatic N) is 1.